The van der Waals surface area contributed by atoms with Gasteiger partial charge >= 0.3 is 5.69 Å². The summed E-state index contributed by atoms with van der Waals surface area (Å²) >= 11 is 0. The number of fused-ring (bicyclic) bond motifs is 1. The normalized spacial score (nSPS) is 11.2. The van der Waals surface area contributed by atoms with Gasteiger partial charge in [0.2, 0.25) is 5.88 Å². The fraction of sp³-hybridized carbons (Fsp3) is 0.231. The highest BCUT2D eigenvalue weighted by Crippen LogP contribution is 2.32. The number of hydrogen-bond donors (Lipinski definition) is 0. The number of nitrogens with zero attached hydrogens (tertiary/aromatic N) is 5. The maximum atomic E-state index is 12.9. The Hall–Kier alpha value is -4.36. The van der Waals surface area contributed by atoms with Gasteiger partial charge in [-0.15, -0.1) is 0 Å². The summed E-state index contributed by atoms with van der Waals surface area (Å²) in [4.78, 5) is 17.0. The van der Waals surface area contributed by atoms with E-state index in [2.05, 4.69) is 37.9 Å². The van der Waals surface area contributed by atoms with Gasteiger partial charge in [0, 0.05) is 25.4 Å². The predicted octanol–water partition coefficient (Wildman–Crippen LogP) is 4.98. The molecule has 0 saturated carbocycles. The molecule has 0 spiro atoms. The maximum Gasteiger partial charge on any atom is 0.328 e. The molecule has 0 aliphatic rings. The Bertz CT molecular complexity index is 1510. The number of aryl methyl sites for hydroxylation is 1. The van der Waals surface area contributed by atoms with Crippen LogP contribution in [0, 0.1) is 28.1 Å². The summed E-state index contributed by atoms with van der Waals surface area (Å²) in [5.74, 6) is 0.659. The minimum absolute atomic E-state index is 0.0514. The Labute approximate surface area is 191 Å². The number of pyridine rings is 1. The highest BCUT2D eigenvalue weighted by molar-refractivity contribution is 5.84. The summed E-state index contributed by atoms with van der Waals surface area (Å²) in [6, 6.07) is 18.4. The quantitative estimate of drug-likeness (QED) is 0.448. The molecule has 0 aliphatic carbocycles. The van der Waals surface area contributed by atoms with Crippen LogP contribution < -0.4 is 10.4 Å². The number of hydrogen-bond acceptors (Lipinski definition) is 5. The Morgan fingerprint density at radius 3 is 2.45 bits per heavy atom. The number of nitriles is 2. The van der Waals surface area contributed by atoms with Gasteiger partial charge < -0.3 is 4.74 Å². The van der Waals surface area contributed by atoms with E-state index in [1.807, 2.05) is 18.2 Å². The molecule has 2 aromatic heterocycles. The highest BCUT2D eigenvalue weighted by Gasteiger charge is 2.19. The zero-order valence-corrected chi connectivity index (χ0v) is 19.0. The van der Waals surface area contributed by atoms with Gasteiger partial charge in [-0.05, 0) is 53.4 Å². The van der Waals surface area contributed by atoms with Crippen molar-refractivity contribution in [3.8, 4) is 34.9 Å². The molecular weight excluding hydrogens is 414 g/mol. The molecule has 33 heavy (non-hydrogen) atoms. The number of benzene rings is 2. The van der Waals surface area contributed by atoms with Gasteiger partial charge in [0.15, 0.2) is 0 Å². The first kappa shape index (κ1) is 21.9. The van der Waals surface area contributed by atoms with Crippen molar-refractivity contribution < 1.29 is 4.74 Å². The van der Waals surface area contributed by atoms with Gasteiger partial charge in [-0.1, -0.05) is 26.8 Å². The number of imidazole rings is 1. The topological polar surface area (TPSA) is 96.6 Å². The smallest absolute Gasteiger partial charge is 0.328 e. The van der Waals surface area contributed by atoms with Crippen molar-refractivity contribution in [3.63, 3.8) is 0 Å². The first-order valence-electron chi connectivity index (χ1n) is 10.5. The maximum absolute atomic E-state index is 12.9. The van der Waals surface area contributed by atoms with Crippen molar-refractivity contribution >= 4 is 11.0 Å². The molecule has 0 amide bonds. The molecule has 0 radical (unpaired) electrons. The average Bonchev–Trinajstić information content (AvgIpc) is 3.02. The van der Waals surface area contributed by atoms with Gasteiger partial charge in [-0.3, -0.25) is 9.13 Å². The molecule has 0 fully saturated rings. The molecule has 2 heterocycles. The SMILES string of the molecule is Cn1c(=O)n(CC(C)(C)C)c2ccc(-c3cc(Oc4ncccc4C#N)ccc3C#N)cc21. The minimum atomic E-state index is -0.0751. The monoisotopic (exact) mass is 437 g/mol. The lowest BCUT2D eigenvalue weighted by molar-refractivity contribution is 0.342. The number of ether oxygens (including phenoxy) is 1. The van der Waals surface area contributed by atoms with Crippen molar-refractivity contribution in [1.82, 2.24) is 14.1 Å². The molecule has 0 aliphatic heterocycles. The van der Waals surface area contributed by atoms with Crippen LogP contribution in [0.15, 0.2) is 59.5 Å². The van der Waals surface area contributed by atoms with Crippen LogP contribution in [0.3, 0.4) is 0 Å². The van der Waals surface area contributed by atoms with Crippen molar-refractivity contribution in [1.29, 1.82) is 10.5 Å². The third-order valence-corrected chi connectivity index (χ3v) is 5.31. The molecule has 0 saturated heterocycles. The third kappa shape index (κ3) is 4.22. The van der Waals surface area contributed by atoms with Crippen LogP contribution in [0.1, 0.15) is 31.9 Å². The van der Waals surface area contributed by atoms with Crippen molar-refractivity contribution in [2.45, 2.75) is 27.3 Å². The fourth-order valence-corrected chi connectivity index (χ4v) is 3.79. The Kier molecular flexibility index (Phi) is 5.49. The van der Waals surface area contributed by atoms with Crippen molar-refractivity contribution in [3.05, 3.63) is 76.3 Å². The van der Waals surface area contributed by atoms with E-state index in [1.54, 1.807) is 52.7 Å². The van der Waals surface area contributed by atoms with Gasteiger partial charge in [0.25, 0.3) is 0 Å². The first-order chi connectivity index (χ1) is 15.7. The second-order valence-electron chi connectivity index (χ2n) is 9.08. The predicted molar refractivity (Wildman–Crippen MR) is 126 cm³/mol. The molecule has 0 atom stereocenters. The summed E-state index contributed by atoms with van der Waals surface area (Å²) in [7, 11) is 1.75. The first-order valence-corrected chi connectivity index (χ1v) is 10.5. The van der Waals surface area contributed by atoms with E-state index in [1.165, 1.54) is 0 Å². The molecule has 4 aromatic rings. The van der Waals surface area contributed by atoms with Gasteiger partial charge in [-0.25, -0.2) is 9.78 Å². The van der Waals surface area contributed by atoms with E-state index < -0.39 is 0 Å². The van der Waals surface area contributed by atoms with Gasteiger partial charge in [-0.2, -0.15) is 10.5 Å². The van der Waals surface area contributed by atoms with E-state index >= 15 is 0 Å². The van der Waals surface area contributed by atoms with Gasteiger partial charge in [0.05, 0.1) is 22.7 Å². The lowest BCUT2D eigenvalue weighted by atomic mass is 9.96. The summed E-state index contributed by atoms with van der Waals surface area (Å²) in [5.41, 5.74) is 3.75. The van der Waals surface area contributed by atoms with E-state index in [0.29, 0.717) is 29.0 Å². The molecule has 0 N–H and O–H groups in total. The average molecular weight is 438 g/mol. The van der Waals surface area contributed by atoms with E-state index in [-0.39, 0.29) is 17.0 Å². The standard InChI is InChI=1S/C26H23N5O2/c1-26(2,3)16-31-22-10-8-17(12-23(22)30(4)25(31)32)21-13-20(9-7-18(21)14-27)33-24-19(15-28)6-5-11-29-24/h5-13H,16H2,1-4H3. The highest BCUT2D eigenvalue weighted by atomic mass is 16.5. The summed E-state index contributed by atoms with van der Waals surface area (Å²) < 4.78 is 9.26. The van der Waals surface area contributed by atoms with Crippen LogP contribution in [0.5, 0.6) is 11.6 Å². The lowest BCUT2D eigenvalue weighted by Crippen LogP contribution is -2.27. The molecule has 4 rings (SSSR count). The molecule has 7 nitrogen and oxygen atoms in total. The number of rotatable bonds is 4. The lowest BCUT2D eigenvalue weighted by Gasteiger charge is -2.18. The summed E-state index contributed by atoms with van der Waals surface area (Å²) in [6.07, 6.45) is 1.55. The van der Waals surface area contributed by atoms with Crippen LogP contribution in [-0.4, -0.2) is 14.1 Å². The molecule has 164 valence electrons. The Morgan fingerprint density at radius 1 is 1.00 bits per heavy atom. The second kappa shape index (κ2) is 8.29. The van der Waals surface area contributed by atoms with E-state index in [0.717, 1.165) is 16.6 Å². The molecule has 0 unspecified atom stereocenters. The fourth-order valence-electron chi connectivity index (χ4n) is 3.79. The van der Waals surface area contributed by atoms with Crippen LogP contribution >= 0.6 is 0 Å². The zero-order chi connectivity index (χ0) is 23.8. The van der Waals surface area contributed by atoms with Gasteiger partial charge in [0.1, 0.15) is 17.4 Å². The van der Waals surface area contributed by atoms with E-state index in [9.17, 15) is 15.3 Å². The van der Waals surface area contributed by atoms with Crippen LogP contribution in [0.25, 0.3) is 22.2 Å². The zero-order valence-electron chi connectivity index (χ0n) is 19.0. The molecule has 7 heteroatoms. The van der Waals surface area contributed by atoms with Crippen molar-refractivity contribution in [2.75, 3.05) is 0 Å². The molecular formula is C26H23N5O2. The summed E-state index contributed by atoms with van der Waals surface area (Å²) in [6.45, 7) is 6.88. The van der Waals surface area contributed by atoms with Crippen LogP contribution in [0.4, 0.5) is 0 Å². The van der Waals surface area contributed by atoms with Crippen LogP contribution in [-0.2, 0) is 13.6 Å². The molecule has 2 aromatic carbocycles. The second-order valence-corrected chi connectivity index (χ2v) is 9.08. The van der Waals surface area contributed by atoms with E-state index in [4.69, 9.17) is 4.74 Å². The van der Waals surface area contributed by atoms with Crippen LogP contribution in [0.2, 0.25) is 0 Å². The Morgan fingerprint density at radius 2 is 1.76 bits per heavy atom. The largest absolute Gasteiger partial charge is 0.438 e. The third-order valence-electron chi connectivity index (χ3n) is 5.31. The Balaban J connectivity index is 1.81. The summed E-state index contributed by atoms with van der Waals surface area (Å²) in [5, 5.41) is 19.0. The van der Waals surface area contributed by atoms with Crippen molar-refractivity contribution in [2.24, 2.45) is 12.5 Å². The number of aromatic nitrogens is 3. The minimum Gasteiger partial charge on any atom is -0.438 e. The molecule has 0 bridgehead atoms.